The van der Waals surface area contributed by atoms with Gasteiger partial charge in [-0.05, 0) is 42.9 Å². The highest BCUT2D eigenvalue weighted by atomic mass is 79.9. The van der Waals surface area contributed by atoms with Crippen LogP contribution in [0.15, 0.2) is 22.7 Å². The third-order valence-electron chi connectivity index (χ3n) is 4.74. The Hall–Kier alpha value is -0.900. The number of hydrogen-bond donors (Lipinski definition) is 0. The second-order valence-corrected chi connectivity index (χ2v) is 6.88. The van der Waals surface area contributed by atoms with E-state index in [2.05, 4.69) is 15.9 Å². The number of nitrogens with zero attached hydrogens (tertiary/aromatic N) is 1. The number of benzene rings is 1. The minimum Gasteiger partial charge on any atom is -0.338 e. The Morgan fingerprint density at radius 1 is 1.20 bits per heavy atom. The molecule has 20 heavy (non-hydrogen) atoms. The number of likely N-dealkylation sites (tertiary alicyclic amines) is 1. The van der Waals surface area contributed by atoms with Gasteiger partial charge in [-0.1, -0.05) is 35.2 Å². The van der Waals surface area contributed by atoms with Gasteiger partial charge in [0.25, 0.3) is 5.91 Å². The first kappa shape index (κ1) is 14.1. The normalized spacial score (nSPS) is 26.2. The number of amides is 1. The van der Waals surface area contributed by atoms with Gasteiger partial charge >= 0.3 is 0 Å². The van der Waals surface area contributed by atoms with Crippen molar-refractivity contribution in [1.29, 1.82) is 0 Å². The summed E-state index contributed by atoms with van der Waals surface area (Å²) in [7, 11) is 0. The third-order valence-corrected chi connectivity index (χ3v) is 5.23. The number of halogens is 2. The molecule has 1 aliphatic carbocycles. The number of carbonyl (C=O) groups is 1. The zero-order valence-corrected chi connectivity index (χ0v) is 13.0. The van der Waals surface area contributed by atoms with E-state index in [1.165, 1.54) is 31.7 Å². The van der Waals surface area contributed by atoms with Crippen molar-refractivity contribution in [1.82, 2.24) is 4.90 Å². The van der Waals surface area contributed by atoms with Gasteiger partial charge in [0.1, 0.15) is 5.82 Å². The second kappa shape index (κ2) is 5.84. The summed E-state index contributed by atoms with van der Waals surface area (Å²) in [4.78, 5) is 14.4. The van der Waals surface area contributed by atoms with E-state index in [0.717, 1.165) is 29.9 Å². The van der Waals surface area contributed by atoms with Gasteiger partial charge in [-0.15, -0.1) is 0 Å². The summed E-state index contributed by atoms with van der Waals surface area (Å²) >= 11 is 3.31. The standard InChI is InChI=1S/C16H19BrFNO/c17-13-5-6-15(18)14(9-13)16(20)19-8-7-11-3-1-2-4-12(11)10-19/h5-6,9,11-12H,1-4,7-8,10H2/t11-,12+/m1/s1. The first-order valence-corrected chi connectivity index (χ1v) is 8.19. The average Bonchev–Trinajstić information content (AvgIpc) is 2.48. The zero-order chi connectivity index (χ0) is 14.1. The van der Waals surface area contributed by atoms with Gasteiger partial charge in [-0.2, -0.15) is 0 Å². The minimum atomic E-state index is -0.427. The van der Waals surface area contributed by atoms with Crippen molar-refractivity contribution in [2.75, 3.05) is 13.1 Å². The van der Waals surface area contributed by atoms with Crippen LogP contribution in [0.3, 0.4) is 0 Å². The number of piperidine rings is 1. The molecule has 2 atom stereocenters. The molecule has 0 bridgehead atoms. The van der Waals surface area contributed by atoms with Gasteiger partial charge in [-0.3, -0.25) is 4.79 Å². The van der Waals surface area contributed by atoms with E-state index in [-0.39, 0.29) is 11.5 Å². The van der Waals surface area contributed by atoms with Gasteiger partial charge in [0.05, 0.1) is 5.56 Å². The summed E-state index contributed by atoms with van der Waals surface area (Å²) in [5.41, 5.74) is 0.189. The Kier molecular flexibility index (Phi) is 4.11. The van der Waals surface area contributed by atoms with Crippen LogP contribution in [-0.2, 0) is 0 Å². The number of rotatable bonds is 1. The number of carbonyl (C=O) groups excluding carboxylic acids is 1. The second-order valence-electron chi connectivity index (χ2n) is 5.97. The summed E-state index contributed by atoms with van der Waals surface area (Å²) in [5, 5.41) is 0. The summed E-state index contributed by atoms with van der Waals surface area (Å²) in [5.74, 6) is 0.814. The first-order valence-electron chi connectivity index (χ1n) is 7.39. The topological polar surface area (TPSA) is 20.3 Å². The highest BCUT2D eigenvalue weighted by Gasteiger charge is 2.33. The molecule has 1 aromatic rings. The summed E-state index contributed by atoms with van der Waals surface area (Å²) < 4.78 is 14.6. The lowest BCUT2D eigenvalue weighted by molar-refractivity contribution is 0.0516. The Labute approximate surface area is 127 Å². The quantitative estimate of drug-likeness (QED) is 0.749. The summed E-state index contributed by atoms with van der Waals surface area (Å²) in [6.07, 6.45) is 6.20. The Morgan fingerprint density at radius 2 is 1.95 bits per heavy atom. The molecule has 0 spiro atoms. The van der Waals surface area contributed by atoms with Crippen LogP contribution in [0, 0.1) is 17.7 Å². The molecule has 2 fully saturated rings. The molecular formula is C16H19BrFNO. The van der Waals surface area contributed by atoms with Crippen LogP contribution in [0.25, 0.3) is 0 Å². The predicted molar refractivity (Wildman–Crippen MR) is 80.1 cm³/mol. The Morgan fingerprint density at radius 3 is 2.75 bits per heavy atom. The molecule has 1 amide bonds. The lowest BCUT2D eigenvalue weighted by Gasteiger charge is -2.41. The van der Waals surface area contributed by atoms with Crippen LogP contribution in [0.1, 0.15) is 42.5 Å². The molecule has 4 heteroatoms. The highest BCUT2D eigenvalue weighted by Crippen LogP contribution is 2.36. The molecule has 2 nitrogen and oxygen atoms in total. The van der Waals surface area contributed by atoms with Gasteiger partial charge in [-0.25, -0.2) is 4.39 Å². The predicted octanol–water partition coefficient (Wildman–Crippen LogP) is 4.24. The molecule has 1 saturated heterocycles. The van der Waals surface area contributed by atoms with Crippen molar-refractivity contribution in [3.63, 3.8) is 0 Å². The van der Waals surface area contributed by atoms with E-state index in [1.807, 2.05) is 4.90 Å². The van der Waals surface area contributed by atoms with E-state index in [9.17, 15) is 9.18 Å². The van der Waals surface area contributed by atoms with Gasteiger partial charge < -0.3 is 4.90 Å². The molecule has 1 aliphatic heterocycles. The fraction of sp³-hybridized carbons (Fsp3) is 0.562. The molecule has 3 rings (SSSR count). The third kappa shape index (κ3) is 2.76. The maximum absolute atomic E-state index is 13.8. The van der Waals surface area contributed by atoms with E-state index >= 15 is 0 Å². The first-order chi connectivity index (χ1) is 9.65. The zero-order valence-electron chi connectivity index (χ0n) is 11.4. The maximum atomic E-state index is 13.8. The summed E-state index contributed by atoms with van der Waals surface area (Å²) in [6.45, 7) is 1.57. The molecule has 1 aromatic carbocycles. The van der Waals surface area contributed by atoms with Crippen molar-refractivity contribution in [3.05, 3.63) is 34.1 Å². The smallest absolute Gasteiger partial charge is 0.256 e. The van der Waals surface area contributed by atoms with Crippen LogP contribution < -0.4 is 0 Å². The molecule has 0 unspecified atom stereocenters. The fourth-order valence-electron chi connectivity index (χ4n) is 3.62. The van der Waals surface area contributed by atoms with Crippen LogP contribution in [0.4, 0.5) is 4.39 Å². The van der Waals surface area contributed by atoms with Crippen LogP contribution in [-0.4, -0.2) is 23.9 Å². The molecule has 0 radical (unpaired) electrons. The number of hydrogen-bond acceptors (Lipinski definition) is 1. The largest absolute Gasteiger partial charge is 0.338 e. The van der Waals surface area contributed by atoms with Crippen molar-refractivity contribution in [2.24, 2.45) is 11.8 Å². The lowest BCUT2D eigenvalue weighted by Crippen LogP contribution is -2.45. The van der Waals surface area contributed by atoms with Gasteiger partial charge in [0, 0.05) is 17.6 Å². The van der Waals surface area contributed by atoms with Gasteiger partial charge in [0.2, 0.25) is 0 Å². The summed E-state index contributed by atoms with van der Waals surface area (Å²) in [6, 6.07) is 4.56. The van der Waals surface area contributed by atoms with Crippen LogP contribution in [0.2, 0.25) is 0 Å². The monoisotopic (exact) mass is 339 g/mol. The molecule has 1 saturated carbocycles. The molecule has 0 N–H and O–H groups in total. The van der Waals surface area contributed by atoms with Crippen LogP contribution in [0.5, 0.6) is 0 Å². The number of fused-ring (bicyclic) bond motifs is 1. The fourth-order valence-corrected chi connectivity index (χ4v) is 3.98. The van der Waals surface area contributed by atoms with Gasteiger partial charge in [0.15, 0.2) is 0 Å². The molecular weight excluding hydrogens is 321 g/mol. The average molecular weight is 340 g/mol. The van der Waals surface area contributed by atoms with Crippen LogP contribution >= 0.6 is 15.9 Å². The van der Waals surface area contributed by atoms with Crippen molar-refractivity contribution >= 4 is 21.8 Å². The maximum Gasteiger partial charge on any atom is 0.256 e. The van der Waals surface area contributed by atoms with E-state index < -0.39 is 5.82 Å². The Bertz CT molecular complexity index is 519. The SMILES string of the molecule is O=C(c1cc(Br)ccc1F)N1CC[C@H]2CCCC[C@H]2C1. The molecule has 0 aromatic heterocycles. The van der Waals surface area contributed by atoms with Crippen molar-refractivity contribution in [3.8, 4) is 0 Å². The van der Waals surface area contributed by atoms with Crippen molar-refractivity contribution in [2.45, 2.75) is 32.1 Å². The van der Waals surface area contributed by atoms with E-state index in [4.69, 9.17) is 0 Å². The molecule has 2 aliphatic rings. The molecule has 1 heterocycles. The van der Waals surface area contributed by atoms with E-state index in [0.29, 0.717) is 5.92 Å². The van der Waals surface area contributed by atoms with E-state index in [1.54, 1.807) is 12.1 Å². The Balaban J connectivity index is 1.76. The van der Waals surface area contributed by atoms with Crippen molar-refractivity contribution < 1.29 is 9.18 Å². The minimum absolute atomic E-state index is 0.159. The highest BCUT2D eigenvalue weighted by molar-refractivity contribution is 9.10. The lowest BCUT2D eigenvalue weighted by atomic mass is 9.75. The molecule has 108 valence electrons.